The van der Waals surface area contributed by atoms with Crippen molar-refractivity contribution in [1.29, 1.82) is 0 Å². The van der Waals surface area contributed by atoms with E-state index in [1.165, 1.54) is 24.9 Å². The van der Waals surface area contributed by atoms with Crippen LogP contribution in [0.2, 0.25) is 0 Å². The summed E-state index contributed by atoms with van der Waals surface area (Å²) in [6.45, 7) is 6.29. The Balaban J connectivity index is 1.63. The van der Waals surface area contributed by atoms with Crippen LogP contribution in [-0.2, 0) is 6.61 Å². The molecule has 22 heavy (non-hydrogen) atoms. The molecule has 2 aromatic rings. The van der Waals surface area contributed by atoms with Crippen LogP contribution in [0.5, 0.6) is 5.88 Å². The Labute approximate surface area is 132 Å². The molecule has 0 saturated carbocycles. The number of nitrogens with zero attached hydrogens (tertiary/aromatic N) is 2. The van der Waals surface area contributed by atoms with E-state index in [-0.39, 0.29) is 0 Å². The highest BCUT2D eigenvalue weighted by atomic mass is 16.5. The fraction of sp³-hybridized carbons (Fsp3) is 0.421. The van der Waals surface area contributed by atoms with Crippen LogP contribution in [0.4, 0.5) is 0 Å². The summed E-state index contributed by atoms with van der Waals surface area (Å²) in [5.41, 5.74) is 2.47. The summed E-state index contributed by atoms with van der Waals surface area (Å²) < 4.78 is 5.76. The first-order chi connectivity index (χ1) is 10.7. The van der Waals surface area contributed by atoms with Crippen molar-refractivity contribution in [2.45, 2.75) is 45.4 Å². The molecule has 0 amide bonds. The minimum atomic E-state index is 0.510. The molecule has 116 valence electrons. The summed E-state index contributed by atoms with van der Waals surface area (Å²) in [7, 11) is 0. The predicted molar refractivity (Wildman–Crippen MR) is 88.8 cm³/mol. The van der Waals surface area contributed by atoms with Crippen molar-refractivity contribution in [3.63, 3.8) is 0 Å². The zero-order valence-corrected chi connectivity index (χ0v) is 13.4. The van der Waals surface area contributed by atoms with Crippen LogP contribution in [0.1, 0.15) is 43.9 Å². The first-order valence-electron chi connectivity index (χ1n) is 8.12. The molecule has 0 bridgehead atoms. The fourth-order valence-electron chi connectivity index (χ4n) is 3.17. The highest BCUT2D eigenvalue weighted by Gasteiger charge is 2.27. The van der Waals surface area contributed by atoms with Gasteiger partial charge in [0.1, 0.15) is 6.61 Å². The number of benzene rings is 1. The molecule has 0 N–H and O–H groups in total. The normalized spacial score (nSPS) is 18.8. The molecule has 0 unspecified atom stereocenters. The van der Waals surface area contributed by atoms with Gasteiger partial charge in [0.15, 0.2) is 0 Å². The third-order valence-corrected chi connectivity index (χ3v) is 4.33. The Morgan fingerprint density at radius 1 is 1.18 bits per heavy atom. The molecule has 1 aliphatic rings. The zero-order chi connectivity index (χ0) is 15.4. The minimum Gasteiger partial charge on any atom is -0.473 e. The van der Waals surface area contributed by atoms with Crippen LogP contribution in [0, 0.1) is 0 Å². The second kappa shape index (κ2) is 6.93. The Morgan fingerprint density at radius 3 is 2.68 bits per heavy atom. The van der Waals surface area contributed by atoms with E-state index in [1.807, 2.05) is 30.5 Å². The number of likely N-dealkylation sites (tertiary alicyclic amines) is 1. The van der Waals surface area contributed by atoms with Gasteiger partial charge in [-0.2, -0.15) is 0 Å². The van der Waals surface area contributed by atoms with E-state index >= 15 is 0 Å². The maximum atomic E-state index is 5.76. The number of pyridine rings is 1. The standard InChI is InChI=1S/C19H24N2O/c1-15(2)21-12-6-9-18(21)17-10-11-19(20-13-17)22-14-16-7-4-3-5-8-16/h3-5,7-8,10-11,13,15,18H,6,9,12,14H2,1-2H3/t18-/m1/s1. The first-order valence-corrected chi connectivity index (χ1v) is 8.12. The summed E-state index contributed by atoms with van der Waals surface area (Å²) in [6, 6.07) is 15.4. The smallest absolute Gasteiger partial charge is 0.213 e. The first kappa shape index (κ1) is 15.0. The summed E-state index contributed by atoms with van der Waals surface area (Å²) in [4.78, 5) is 7.04. The molecule has 3 heteroatoms. The molecule has 0 radical (unpaired) electrons. The van der Waals surface area contributed by atoms with Crippen LogP contribution < -0.4 is 4.74 Å². The van der Waals surface area contributed by atoms with Crippen LogP contribution in [0.3, 0.4) is 0 Å². The SMILES string of the molecule is CC(C)N1CCC[C@@H]1c1ccc(OCc2ccccc2)nc1. The van der Waals surface area contributed by atoms with Gasteiger partial charge in [0.05, 0.1) is 0 Å². The Morgan fingerprint density at radius 2 is 2.00 bits per heavy atom. The average Bonchev–Trinajstić information content (AvgIpc) is 3.04. The van der Waals surface area contributed by atoms with Gasteiger partial charge in [-0.15, -0.1) is 0 Å². The van der Waals surface area contributed by atoms with E-state index in [4.69, 9.17) is 4.74 Å². The molecule has 1 aliphatic heterocycles. The minimum absolute atomic E-state index is 0.510. The van der Waals surface area contributed by atoms with E-state index in [1.54, 1.807) is 0 Å². The quantitative estimate of drug-likeness (QED) is 0.826. The molecule has 0 spiro atoms. The molecule has 0 aliphatic carbocycles. The third kappa shape index (κ3) is 3.47. The van der Waals surface area contributed by atoms with E-state index in [9.17, 15) is 0 Å². The number of hydrogen-bond acceptors (Lipinski definition) is 3. The van der Waals surface area contributed by atoms with Crippen molar-refractivity contribution in [1.82, 2.24) is 9.88 Å². The molecule has 1 fully saturated rings. The molecule has 3 rings (SSSR count). The van der Waals surface area contributed by atoms with Gasteiger partial charge < -0.3 is 4.74 Å². The number of rotatable bonds is 5. The monoisotopic (exact) mass is 296 g/mol. The second-order valence-electron chi connectivity index (χ2n) is 6.19. The highest BCUT2D eigenvalue weighted by molar-refractivity contribution is 5.22. The average molecular weight is 296 g/mol. The third-order valence-electron chi connectivity index (χ3n) is 4.33. The summed E-state index contributed by atoms with van der Waals surface area (Å²) in [6.07, 6.45) is 4.48. The van der Waals surface area contributed by atoms with Crippen LogP contribution in [-0.4, -0.2) is 22.5 Å². The number of ether oxygens (including phenoxy) is 1. The molecule has 1 aromatic carbocycles. The molecule has 1 aromatic heterocycles. The summed E-state index contributed by atoms with van der Waals surface area (Å²) >= 11 is 0. The molecular formula is C19H24N2O. The predicted octanol–water partition coefficient (Wildman–Crippen LogP) is 4.21. The van der Waals surface area contributed by atoms with E-state index in [2.05, 4.69) is 41.9 Å². The van der Waals surface area contributed by atoms with E-state index < -0.39 is 0 Å². The summed E-state index contributed by atoms with van der Waals surface area (Å²) in [5, 5.41) is 0. The van der Waals surface area contributed by atoms with Gasteiger partial charge in [0.2, 0.25) is 5.88 Å². The molecule has 3 nitrogen and oxygen atoms in total. The number of hydrogen-bond donors (Lipinski definition) is 0. The van der Waals surface area contributed by atoms with Gasteiger partial charge in [0, 0.05) is 24.3 Å². The lowest BCUT2D eigenvalue weighted by Gasteiger charge is -2.28. The van der Waals surface area contributed by atoms with Crippen LogP contribution in [0.25, 0.3) is 0 Å². The molecular weight excluding hydrogens is 272 g/mol. The van der Waals surface area contributed by atoms with Crippen molar-refractivity contribution in [2.24, 2.45) is 0 Å². The van der Waals surface area contributed by atoms with E-state index in [0.717, 1.165) is 5.56 Å². The molecule has 1 atom stereocenters. The molecule has 2 heterocycles. The topological polar surface area (TPSA) is 25.4 Å². The highest BCUT2D eigenvalue weighted by Crippen LogP contribution is 2.33. The van der Waals surface area contributed by atoms with Gasteiger partial charge in [0.25, 0.3) is 0 Å². The van der Waals surface area contributed by atoms with Crippen molar-refractivity contribution < 1.29 is 4.74 Å². The lowest BCUT2D eigenvalue weighted by molar-refractivity contribution is 0.205. The maximum absolute atomic E-state index is 5.76. The lowest BCUT2D eigenvalue weighted by Crippen LogP contribution is -2.30. The summed E-state index contributed by atoms with van der Waals surface area (Å²) in [5.74, 6) is 0.696. The van der Waals surface area contributed by atoms with Crippen LogP contribution >= 0.6 is 0 Å². The van der Waals surface area contributed by atoms with Gasteiger partial charge in [-0.25, -0.2) is 4.98 Å². The Kier molecular flexibility index (Phi) is 4.74. The Hall–Kier alpha value is -1.87. The fourth-order valence-corrected chi connectivity index (χ4v) is 3.17. The lowest BCUT2D eigenvalue weighted by atomic mass is 10.1. The maximum Gasteiger partial charge on any atom is 0.213 e. The van der Waals surface area contributed by atoms with Gasteiger partial charge >= 0.3 is 0 Å². The second-order valence-corrected chi connectivity index (χ2v) is 6.19. The van der Waals surface area contributed by atoms with Gasteiger partial charge in [-0.05, 0) is 44.4 Å². The van der Waals surface area contributed by atoms with Crippen LogP contribution in [0.15, 0.2) is 48.7 Å². The van der Waals surface area contributed by atoms with Crippen molar-refractivity contribution in [2.75, 3.05) is 6.54 Å². The van der Waals surface area contributed by atoms with Crippen molar-refractivity contribution >= 4 is 0 Å². The van der Waals surface area contributed by atoms with Gasteiger partial charge in [-0.1, -0.05) is 36.4 Å². The van der Waals surface area contributed by atoms with Gasteiger partial charge in [-0.3, -0.25) is 4.90 Å². The number of aromatic nitrogens is 1. The van der Waals surface area contributed by atoms with Crippen molar-refractivity contribution in [3.8, 4) is 5.88 Å². The van der Waals surface area contributed by atoms with E-state index in [0.29, 0.717) is 24.6 Å². The molecule has 1 saturated heterocycles. The zero-order valence-electron chi connectivity index (χ0n) is 13.4. The largest absolute Gasteiger partial charge is 0.473 e. The van der Waals surface area contributed by atoms with Crippen molar-refractivity contribution in [3.05, 3.63) is 59.8 Å². The Bertz CT molecular complexity index is 580.